The van der Waals surface area contributed by atoms with Gasteiger partial charge in [0.05, 0.1) is 11.7 Å². The molecule has 2 aromatic rings. The van der Waals surface area contributed by atoms with Gasteiger partial charge in [-0.3, -0.25) is 4.68 Å². The van der Waals surface area contributed by atoms with Crippen LogP contribution in [0.5, 0.6) is 0 Å². The molecule has 2 nitrogen and oxygen atoms in total. The van der Waals surface area contributed by atoms with E-state index in [4.69, 9.17) is 0 Å². The predicted octanol–water partition coefficient (Wildman–Crippen LogP) is 2.87. The van der Waals surface area contributed by atoms with Gasteiger partial charge < -0.3 is 0 Å². The van der Waals surface area contributed by atoms with Gasteiger partial charge in [0.2, 0.25) is 0 Å². The first-order valence-electron chi connectivity index (χ1n) is 4.91. The Morgan fingerprint density at radius 3 is 2.57 bits per heavy atom. The molecule has 0 unspecified atom stereocenters. The number of benzene rings is 1. The summed E-state index contributed by atoms with van der Waals surface area (Å²) in [4.78, 5) is 0. The van der Waals surface area contributed by atoms with Crippen LogP contribution in [0.15, 0.2) is 24.4 Å². The van der Waals surface area contributed by atoms with Crippen LogP contribution in [0.4, 0.5) is 0 Å². The van der Waals surface area contributed by atoms with Gasteiger partial charge in [-0.05, 0) is 17.0 Å². The van der Waals surface area contributed by atoms with E-state index in [1.54, 1.807) is 0 Å². The Kier molecular flexibility index (Phi) is 1.88. The van der Waals surface area contributed by atoms with E-state index in [1.165, 1.54) is 16.5 Å². The third-order valence-corrected chi connectivity index (χ3v) is 2.62. The second kappa shape index (κ2) is 2.84. The normalized spacial score (nSPS) is 12.3. The molecule has 0 spiro atoms. The molecule has 0 saturated heterocycles. The van der Waals surface area contributed by atoms with Crippen molar-refractivity contribution in [2.24, 2.45) is 7.05 Å². The molecule has 74 valence electrons. The number of hydrogen-bond acceptors (Lipinski definition) is 1. The molecule has 1 aromatic carbocycles. The summed E-state index contributed by atoms with van der Waals surface area (Å²) >= 11 is 0. The van der Waals surface area contributed by atoms with Crippen molar-refractivity contribution >= 4 is 10.9 Å². The van der Waals surface area contributed by atoms with Crippen LogP contribution >= 0.6 is 0 Å². The SMILES string of the molecule is Cn1ncc2ccc(C(C)(C)C)cc21. The Bertz CT molecular complexity index is 461. The van der Waals surface area contributed by atoms with Gasteiger partial charge in [-0.25, -0.2) is 0 Å². The Morgan fingerprint density at radius 2 is 1.93 bits per heavy atom. The fourth-order valence-corrected chi connectivity index (χ4v) is 1.61. The minimum Gasteiger partial charge on any atom is -0.268 e. The Morgan fingerprint density at radius 1 is 1.21 bits per heavy atom. The smallest absolute Gasteiger partial charge is 0.0682 e. The lowest BCUT2D eigenvalue weighted by Crippen LogP contribution is -2.10. The molecule has 0 aliphatic carbocycles. The molecule has 0 atom stereocenters. The van der Waals surface area contributed by atoms with Crippen molar-refractivity contribution in [3.63, 3.8) is 0 Å². The maximum absolute atomic E-state index is 4.24. The summed E-state index contributed by atoms with van der Waals surface area (Å²) in [5, 5.41) is 5.44. The number of hydrogen-bond donors (Lipinski definition) is 0. The minimum absolute atomic E-state index is 0.207. The summed E-state index contributed by atoms with van der Waals surface area (Å²) in [7, 11) is 1.98. The minimum atomic E-state index is 0.207. The largest absolute Gasteiger partial charge is 0.268 e. The first-order valence-corrected chi connectivity index (χ1v) is 4.91. The monoisotopic (exact) mass is 188 g/mol. The molecule has 1 heterocycles. The number of aryl methyl sites for hydroxylation is 1. The zero-order valence-corrected chi connectivity index (χ0v) is 9.20. The standard InChI is InChI=1S/C12H16N2/c1-12(2,3)10-6-5-9-8-13-14(4)11(9)7-10/h5-8H,1-4H3. The van der Waals surface area contributed by atoms with E-state index >= 15 is 0 Å². The second-order valence-corrected chi connectivity index (χ2v) is 4.79. The molecule has 2 rings (SSSR count). The number of rotatable bonds is 0. The fraction of sp³-hybridized carbons (Fsp3) is 0.417. The van der Waals surface area contributed by atoms with E-state index in [1.807, 2.05) is 17.9 Å². The van der Waals surface area contributed by atoms with Crippen LogP contribution in [0.25, 0.3) is 10.9 Å². The highest BCUT2D eigenvalue weighted by Gasteiger charge is 2.14. The highest BCUT2D eigenvalue weighted by Crippen LogP contribution is 2.25. The Balaban J connectivity index is 2.66. The van der Waals surface area contributed by atoms with Crippen molar-refractivity contribution in [1.29, 1.82) is 0 Å². The van der Waals surface area contributed by atoms with Crippen LogP contribution in [0.2, 0.25) is 0 Å². The highest BCUT2D eigenvalue weighted by molar-refractivity contribution is 5.79. The van der Waals surface area contributed by atoms with Gasteiger partial charge in [-0.2, -0.15) is 5.10 Å². The molecule has 14 heavy (non-hydrogen) atoms. The summed E-state index contributed by atoms with van der Waals surface area (Å²) in [6.45, 7) is 6.68. The molecule has 0 aliphatic heterocycles. The Labute approximate surface area is 84.5 Å². The molecule has 0 radical (unpaired) electrons. The third-order valence-electron chi connectivity index (χ3n) is 2.62. The van der Waals surface area contributed by atoms with Crippen molar-refractivity contribution < 1.29 is 0 Å². The lowest BCUT2D eigenvalue weighted by molar-refractivity contribution is 0.590. The lowest BCUT2D eigenvalue weighted by Gasteiger charge is -2.18. The molecule has 0 aliphatic rings. The Hall–Kier alpha value is -1.31. The highest BCUT2D eigenvalue weighted by atomic mass is 15.2. The van der Waals surface area contributed by atoms with E-state index in [9.17, 15) is 0 Å². The van der Waals surface area contributed by atoms with E-state index < -0.39 is 0 Å². The predicted molar refractivity (Wildman–Crippen MR) is 59.4 cm³/mol. The summed E-state index contributed by atoms with van der Waals surface area (Å²) in [6, 6.07) is 6.55. The van der Waals surface area contributed by atoms with E-state index in [2.05, 4.69) is 44.1 Å². The van der Waals surface area contributed by atoms with Crippen molar-refractivity contribution in [2.45, 2.75) is 26.2 Å². The first-order chi connectivity index (χ1) is 6.48. The molecular weight excluding hydrogens is 172 g/mol. The number of nitrogens with zero attached hydrogens (tertiary/aromatic N) is 2. The van der Waals surface area contributed by atoms with Crippen molar-refractivity contribution in [2.75, 3.05) is 0 Å². The average Bonchev–Trinajstić information content (AvgIpc) is 2.46. The van der Waals surface area contributed by atoms with Crippen LogP contribution in [-0.4, -0.2) is 9.78 Å². The van der Waals surface area contributed by atoms with Crippen LogP contribution in [0.1, 0.15) is 26.3 Å². The van der Waals surface area contributed by atoms with Gasteiger partial charge in [0.1, 0.15) is 0 Å². The zero-order valence-electron chi connectivity index (χ0n) is 9.20. The summed E-state index contributed by atoms with van der Waals surface area (Å²) in [5.74, 6) is 0. The molecule has 0 fully saturated rings. The van der Waals surface area contributed by atoms with Crippen molar-refractivity contribution in [1.82, 2.24) is 9.78 Å². The van der Waals surface area contributed by atoms with E-state index in [0.717, 1.165) is 0 Å². The quantitative estimate of drug-likeness (QED) is 0.621. The molecule has 2 heteroatoms. The fourth-order valence-electron chi connectivity index (χ4n) is 1.61. The molecule has 0 saturated carbocycles. The van der Waals surface area contributed by atoms with Gasteiger partial charge in [-0.1, -0.05) is 32.9 Å². The topological polar surface area (TPSA) is 17.8 Å². The molecular formula is C12H16N2. The third kappa shape index (κ3) is 1.41. The molecule has 0 amide bonds. The zero-order chi connectivity index (χ0) is 10.3. The van der Waals surface area contributed by atoms with Crippen LogP contribution < -0.4 is 0 Å². The summed E-state index contributed by atoms with van der Waals surface area (Å²) in [6.07, 6.45) is 1.90. The molecule has 0 N–H and O–H groups in total. The van der Waals surface area contributed by atoms with E-state index in [-0.39, 0.29) is 5.41 Å². The molecule has 1 aromatic heterocycles. The number of fused-ring (bicyclic) bond motifs is 1. The summed E-state index contributed by atoms with van der Waals surface area (Å²) in [5.41, 5.74) is 2.77. The second-order valence-electron chi connectivity index (χ2n) is 4.79. The van der Waals surface area contributed by atoms with Gasteiger partial charge in [0.15, 0.2) is 0 Å². The van der Waals surface area contributed by atoms with Gasteiger partial charge in [0, 0.05) is 12.4 Å². The summed E-state index contributed by atoms with van der Waals surface area (Å²) < 4.78 is 1.92. The van der Waals surface area contributed by atoms with Crippen LogP contribution in [0.3, 0.4) is 0 Å². The maximum atomic E-state index is 4.24. The van der Waals surface area contributed by atoms with Crippen LogP contribution in [-0.2, 0) is 12.5 Å². The van der Waals surface area contributed by atoms with Gasteiger partial charge in [-0.15, -0.1) is 0 Å². The number of aromatic nitrogens is 2. The molecule has 0 bridgehead atoms. The first kappa shape index (κ1) is 9.25. The van der Waals surface area contributed by atoms with Crippen molar-refractivity contribution in [3.8, 4) is 0 Å². The van der Waals surface area contributed by atoms with Gasteiger partial charge >= 0.3 is 0 Å². The average molecular weight is 188 g/mol. The van der Waals surface area contributed by atoms with Crippen molar-refractivity contribution in [3.05, 3.63) is 30.0 Å². The van der Waals surface area contributed by atoms with Crippen LogP contribution in [0, 0.1) is 0 Å². The van der Waals surface area contributed by atoms with Gasteiger partial charge in [0.25, 0.3) is 0 Å². The lowest BCUT2D eigenvalue weighted by atomic mass is 9.87. The maximum Gasteiger partial charge on any atom is 0.0682 e. The van der Waals surface area contributed by atoms with E-state index in [0.29, 0.717) is 0 Å².